The molecule has 0 N–H and O–H groups in total. The third kappa shape index (κ3) is 4.99. The van der Waals surface area contributed by atoms with Crippen LogP contribution in [0.4, 0.5) is 0 Å². The van der Waals surface area contributed by atoms with Crippen molar-refractivity contribution in [3.05, 3.63) is 73.3 Å². The summed E-state index contributed by atoms with van der Waals surface area (Å²) in [6, 6.07) is 14.2. The normalized spacial score (nSPS) is 15.1. The first kappa shape index (κ1) is 22.5. The van der Waals surface area contributed by atoms with E-state index in [2.05, 4.69) is 38.3 Å². The van der Waals surface area contributed by atoms with E-state index in [1.165, 1.54) is 23.5 Å². The number of piperidine rings is 1. The van der Waals surface area contributed by atoms with Gasteiger partial charge in [-0.15, -0.1) is 22.7 Å². The van der Waals surface area contributed by atoms with Gasteiger partial charge in [0, 0.05) is 26.9 Å². The second-order valence-electron chi connectivity index (χ2n) is 8.05. The summed E-state index contributed by atoms with van der Waals surface area (Å²) in [5.41, 5.74) is 3.00. The highest BCUT2D eigenvalue weighted by molar-refractivity contribution is 9.10. The third-order valence-electron chi connectivity index (χ3n) is 5.92. The number of thiophene rings is 1. The zero-order chi connectivity index (χ0) is 22.8. The van der Waals surface area contributed by atoms with Crippen LogP contribution < -0.4 is 0 Å². The Morgan fingerprint density at radius 3 is 2.85 bits per heavy atom. The number of benzene rings is 1. The maximum atomic E-state index is 12.0. The molecule has 170 valence electrons. The van der Waals surface area contributed by atoms with E-state index in [1.807, 2.05) is 35.7 Å². The number of halogens is 1. The molecule has 0 atom stereocenters. The number of carbonyl (C=O) groups excluding carboxylic acids is 1. The number of ether oxygens (including phenoxy) is 1. The lowest BCUT2D eigenvalue weighted by molar-refractivity contribution is 0.0607. The fourth-order valence-electron chi connectivity index (χ4n) is 4.18. The summed E-state index contributed by atoms with van der Waals surface area (Å²) >= 11 is 6.68. The molecule has 1 aliphatic rings. The minimum atomic E-state index is -0.328. The Morgan fingerprint density at radius 2 is 2.06 bits per heavy atom. The summed E-state index contributed by atoms with van der Waals surface area (Å²) in [4.78, 5) is 19.9. The summed E-state index contributed by atoms with van der Waals surface area (Å²) < 4.78 is 12.0. The molecule has 0 amide bonds. The van der Waals surface area contributed by atoms with Gasteiger partial charge in [0.1, 0.15) is 16.4 Å². The van der Waals surface area contributed by atoms with Crippen molar-refractivity contribution in [1.82, 2.24) is 9.88 Å². The van der Waals surface area contributed by atoms with Gasteiger partial charge < -0.3 is 9.15 Å². The molecule has 4 aromatic rings. The molecule has 8 heteroatoms. The molecule has 0 radical (unpaired) electrons. The van der Waals surface area contributed by atoms with Crippen LogP contribution in [0.5, 0.6) is 0 Å². The summed E-state index contributed by atoms with van der Waals surface area (Å²) in [6.45, 7) is 2.79. The molecule has 1 aliphatic heterocycles. The molecular formula is C25H23BrN2O3S2. The van der Waals surface area contributed by atoms with E-state index in [0.29, 0.717) is 16.6 Å². The SMILES string of the molecule is COC(=O)c1sccc1-c1ccc(CN2CCC(c3nc(-c4cccc(Br)c4)cs3)CC2)o1. The fourth-order valence-corrected chi connectivity index (χ4v) is 6.39. The molecule has 0 spiro atoms. The average Bonchev–Trinajstić information content (AvgIpc) is 3.59. The van der Waals surface area contributed by atoms with Crippen LogP contribution in [0.25, 0.3) is 22.6 Å². The van der Waals surface area contributed by atoms with Gasteiger partial charge in [-0.25, -0.2) is 9.78 Å². The quantitative estimate of drug-likeness (QED) is 0.244. The second kappa shape index (κ2) is 9.93. The monoisotopic (exact) mass is 542 g/mol. The van der Waals surface area contributed by atoms with Gasteiger partial charge in [0.05, 0.1) is 24.4 Å². The topological polar surface area (TPSA) is 55.6 Å². The summed E-state index contributed by atoms with van der Waals surface area (Å²) in [7, 11) is 1.40. The van der Waals surface area contributed by atoms with Crippen molar-refractivity contribution in [1.29, 1.82) is 0 Å². The standard InChI is InChI=1S/C25H23BrN2O3S2/c1-30-25(29)23-20(9-12-32-23)22-6-5-19(31-22)14-28-10-7-16(8-11-28)24-27-21(15-33-24)17-3-2-4-18(26)13-17/h2-6,9,12-13,15-16H,7-8,10-11,14H2,1H3. The van der Waals surface area contributed by atoms with Gasteiger partial charge in [-0.2, -0.15) is 0 Å². The van der Waals surface area contributed by atoms with Crippen molar-refractivity contribution in [3.63, 3.8) is 0 Å². The number of likely N-dealkylation sites (tertiary alicyclic amines) is 1. The molecule has 1 saturated heterocycles. The Hall–Kier alpha value is -2.26. The first-order chi connectivity index (χ1) is 16.1. The number of hydrogen-bond donors (Lipinski definition) is 0. The van der Waals surface area contributed by atoms with Crippen molar-refractivity contribution in [2.45, 2.75) is 25.3 Å². The van der Waals surface area contributed by atoms with E-state index in [9.17, 15) is 4.79 Å². The van der Waals surface area contributed by atoms with Gasteiger partial charge in [-0.05, 0) is 61.6 Å². The Kier molecular flexibility index (Phi) is 6.78. The Labute approximate surface area is 209 Å². The number of nitrogens with zero attached hydrogens (tertiary/aromatic N) is 2. The smallest absolute Gasteiger partial charge is 0.348 e. The Morgan fingerprint density at radius 1 is 1.21 bits per heavy atom. The lowest BCUT2D eigenvalue weighted by atomic mass is 9.97. The van der Waals surface area contributed by atoms with Gasteiger partial charge in [0.2, 0.25) is 0 Å². The van der Waals surface area contributed by atoms with E-state index in [0.717, 1.165) is 59.5 Å². The first-order valence-corrected chi connectivity index (χ1v) is 13.3. The maximum absolute atomic E-state index is 12.0. The van der Waals surface area contributed by atoms with E-state index in [1.54, 1.807) is 11.3 Å². The van der Waals surface area contributed by atoms with Gasteiger partial charge in [-0.3, -0.25) is 4.90 Å². The molecule has 0 aliphatic carbocycles. The van der Waals surface area contributed by atoms with E-state index in [-0.39, 0.29) is 5.97 Å². The lowest BCUT2D eigenvalue weighted by Crippen LogP contribution is -2.32. The zero-order valence-electron chi connectivity index (χ0n) is 18.1. The fraction of sp³-hybridized carbons (Fsp3) is 0.280. The molecule has 0 saturated carbocycles. The van der Waals surface area contributed by atoms with Crippen LogP contribution in [0.15, 0.2) is 62.1 Å². The largest absolute Gasteiger partial charge is 0.465 e. The predicted octanol–water partition coefficient (Wildman–Crippen LogP) is 7.06. The third-order valence-corrected chi connectivity index (χ3v) is 8.32. The van der Waals surface area contributed by atoms with Crippen LogP contribution in [0, 0.1) is 0 Å². The van der Waals surface area contributed by atoms with E-state index >= 15 is 0 Å². The van der Waals surface area contributed by atoms with Crippen molar-refractivity contribution in [2.24, 2.45) is 0 Å². The second-order valence-corrected chi connectivity index (χ2v) is 10.8. The molecular weight excluding hydrogens is 520 g/mol. The van der Waals surface area contributed by atoms with Crippen molar-refractivity contribution >= 4 is 44.6 Å². The minimum Gasteiger partial charge on any atom is -0.465 e. The van der Waals surface area contributed by atoms with Gasteiger partial charge in [0.25, 0.3) is 0 Å². The highest BCUT2D eigenvalue weighted by Crippen LogP contribution is 2.35. The van der Waals surface area contributed by atoms with E-state index < -0.39 is 0 Å². The number of methoxy groups -OCH3 is 1. The number of rotatable bonds is 6. The molecule has 1 aromatic carbocycles. The van der Waals surface area contributed by atoms with Crippen molar-refractivity contribution < 1.29 is 13.9 Å². The van der Waals surface area contributed by atoms with Gasteiger partial charge >= 0.3 is 5.97 Å². The first-order valence-electron chi connectivity index (χ1n) is 10.8. The highest BCUT2D eigenvalue weighted by Gasteiger charge is 2.24. The predicted molar refractivity (Wildman–Crippen MR) is 136 cm³/mol. The maximum Gasteiger partial charge on any atom is 0.348 e. The number of thiazole rings is 1. The summed E-state index contributed by atoms with van der Waals surface area (Å²) in [5.74, 6) is 1.80. The Balaban J connectivity index is 1.19. The van der Waals surface area contributed by atoms with Crippen molar-refractivity contribution in [2.75, 3.05) is 20.2 Å². The van der Waals surface area contributed by atoms with Crippen LogP contribution in [-0.4, -0.2) is 36.1 Å². The lowest BCUT2D eigenvalue weighted by Gasteiger charge is -2.30. The molecule has 4 heterocycles. The molecule has 5 rings (SSSR count). The number of esters is 1. The number of aromatic nitrogens is 1. The molecule has 5 nitrogen and oxygen atoms in total. The number of carbonyl (C=O) groups is 1. The zero-order valence-corrected chi connectivity index (χ0v) is 21.3. The molecule has 3 aromatic heterocycles. The highest BCUT2D eigenvalue weighted by atomic mass is 79.9. The van der Waals surface area contributed by atoms with Crippen LogP contribution in [0.2, 0.25) is 0 Å². The summed E-state index contributed by atoms with van der Waals surface area (Å²) in [5, 5.41) is 5.29. The molecule has 0 bridgehead atoms. The molecule has 33 heavy (non-hydrogen) atoms. The van der Waals surface area contributed by atoms with Crippen LogP contribution >= 0.6 is 38.6 Å². The number of furan rings is 1. The van der Waals surface area contributed by atoms with Gasteiger partial charge in [-0.1, -0.05) is 28.1 Å². The van der Waals surface area contributed by atoms with Crippen LogP contribution in [0.1, 0.15) is 39.2 Å². The number of hydrogen-bond acceptors (Lipinski definition) is 7. The summed E-state index contributed by atoms with van der Waals surface area (Å²) in [6.07, 6.45) is 2.19. The molecule has 0 unspecified atom stereocenters. The molecule has 1 fully saturated rings. The van der Waals surface area contributed by atoms with Crippen LogP contribution in [0.3, 0.4) is 0 Å². The van der Waals surface area contributed by atoms with Gasteiger partial charge in [0.15, 0.2) is 0 Å². The average molecular weight is 544 g/mol. The van der Waals surface area contributed by atoms with Crippen LogP contribution in [-0.2, 0) is 11.3 Å². The Bertz CT molecular complexity index is 1250. The van der Waals surface area contributed by atoms with E-state index in [4.69, 9.17) is 14.1 Å². The minimum absolute atomic E-state index is 0.328. The van der Waals surface area contributed by atoms with Crippen molar-refractivity contribution in [3.8, 4) is 22.6 Å².